The third kappa shape index (κ3) is 1.03. The van der Waals surface area contributed by atoms with Crippen molar-refractivity contribution in [3.8, 4) is 0 Å². The van der Waals surface area contributed by atoms with Crippen LogP contribution < -0.4 is 5.56 Å². The van der Waals surface area contributed by atoms with Crippen molar-refractivity contribution >= 4 is 27.8 Å². The van der Waals surface area contributed by atoms with Crippen LogP contribution in [0.25, 0.3) is 0 Å². The summed E-state index contributed by atoms with van der Waals surface area (Å²) >= 11 is 3.35. The highest BCUT2D eigenvalue weighted by molar-refractivity contribution is 9.09. The van der Waals surface area contributed by atoms with Gasteiger partial charge in [0.15, 0.2) is 0 Å². The quantitative estimate of drug-likeness (QED) is 0.652. The molecule has 3 nitrogen and oxygen atoms in total. The fraction of sp³-hybridized carbons (Fsp3) is 0.143. The summed E-state index contributed by atoms with van der Waals surface area (Å²) in [7, 11) is 0. The van der Waals surface area contributed by atoms with Crippen LogP contribution in [0.2, 0.25) is 0 Å². The number of pyridine rings is 1. The van der Waals surface area contributed by atoms with E-state index in [0.717, 1.165) is 11.4 Å². The van der Waals surface area contributed by atoms with Gasteiger partial charge < -0.3 is 4.98 Å². The number of aliphatic imine (C=N–C) groups is 1. The van der Waals surface area contributed by atoms with E-state index in [9.17, 15) is 4.79 Å². The maximum atomic E-state index is 10.8. The molecule has 0 aromatic carbocycles. The summed E-state index contributed by atoms with van der Waals surface area (Å²) in [5.41, 5.74) is 1.60. The Morgan fingerprint density at radius 1 is 1.55 bits per heavy atom. The van der Waals surface area contributed by atoms with Gasteiger partial charge in [-0.05, 0) is 6.07 Å². The lowest BCUT2D eigenvalue weighted by Crippen LogP contribution is -2.05. The molecule has 1 atom stereocenters. The topological polar surface area (TPSA) is 45.2 Å². The van der Waals surface area contributed by atoms with Crippen molar-refractivity contribution in [1.82, 2.24) is 4.98 Å². The minimum Gasteiger partial charge on any atom is -0.323 e. The zero-order valence-electron chi connectivity index (χ0n) is 5.54. The van der Waals surface area contributed by atoms with Gasteiger partial charge in [0.1, 0.15) is 0 Å². The summed E-state index contributed by atoms with van der Waals surface area (Å²) < 4.78 is 0. The van der Waals surface area contributed by atoms with E-state index in [1.165, 1.54) is 6.07 Å². The summed E-state index contributed by atoms with van der Waals surface area (Å²) in [4.78, 5) is 17.7. The van der Waals surface area contributed by atoms with Gasteiger partial charge in [0, 0.05) is 12.3 Å². The average Bonchev–Trinajstić information content (AvgIpc) is 2.33. The number of aromatic amines is 1. The Bertz CT molecular complexity index is 369. The van der Waals surface area contributed by atoms with Crippen molar-refractivity contribution in [2.45, 2.75) is 4.83 Å². The predicted octanol–water partition coefficient (Wildman–Crippen LogP) is 1.53. The summed E-state index contributed by atoms with van der Waals surface area (Å²) in [6.45, 7) is 0. The van der Waals surface area contributed by atoms with E-state index >= 15 is 0 Å². The van der Waals surface area contributed by atoms with Crippen molar-refractivity contribution in [2.24, 2.45) is 4.99 Å². The number of nitrogens with zero attached hydrogens (tertiary/aromatic N) is 1. The van der Waals surface area contributed by atoms with Crippen LogP contribution in [0.4, 0.5) is 5.69 Å². The lowest BCUT2D eigenvalue weighted by molar-refractivity contribution is 1.12. The van der Waals surface area contributed by atoms with Crippen LogP contribution in [-0.2, 0) is 0 Å². The highest BCUT2D eigenvalue weighted by Crippen LogP contribution is 2.32. The molecule has 2 rings (SSSR count). The van der Waals surface area contributed by atoms with Gasteiger partial charge in [0.25, 0.3) is 0 Å². The van der Waals surface area contributed by atoms with Crippen LogP contribution in [0.1, 0.15) is 10.5 Å². The van der Waals surface area contributed by atoms with Crippen LogP contribution in [0.15, 0.2) is 21.9 Å². The van der Waals surface area contributed by atoms with Gasteiger partial charge in [0.2, 0.25) is 5.56 Å². The van der Waals surface area contributed by atoms with Crippen LogP contribution in [0.5, 0.6) is 0 Å². The molecule has 1 unspecified atom stereocenters. The zero-order chi connectivity index (χ0) is 7.84. The van der Waals surface area contributed by atoms with Crippen molar-refractivity contribution in [3.05, 3.63) is 28.2 Å². The molecule has 1 aliphatic heterocycles. The smallest absolute Gasteiger partial charge is 0.248 e. The molecule has 4 heteroatoms. The second kappa shape index (κ2) is 2.30. The van der Waals surface area contributed by atoms with E-state index in [2.05, 4.69) is 25.9 Å². The molecule has 0 spiro atoms. The van der Waals surface area contributed by atoms with Gasteiger partial charge in [-0.1, -0.05) is 15.9 Å². The van der Waals surface area contributed by atoms with Crippen molar-refractivity contribution in [3.63, 3.8) is 0 Å². The monoisotopic (exact) mass is 212 g/mol. The number of rotatable bonds is 0. The highest BCUT2D eigenvalue weighted by Gasteiger charge is 2.15. The molecule has 1 aromatic heterocycles. The number of hydrogen-bond acceptors (Lipinski definition) is 2. The number of nitrogens with one attached hydrogen (secondary N) is 1. The van der Waals surface area contributed by atoms with Gasteiger partial charge in [-0.25, -0.2) is 0 Å². The van der Waals surface area contributed by atoms with E-state index in [1.54, 1.807) is 12.3 Å². The first-order valence-corrected chi connectivity index (χ1v) is 4.10. The molecule has 0 aliphatic carbocycles. The summed E-state index contributed by atoms with van der Waals surface area (Å²) in [5.74, 6) is 0. The minimum absolute atomic E-state index is 0.0615. The maximum absolute atomic E-state index is 10.8. The van der Waals surface area contributed by atoms with Crippen molar-refractivity contribution < 1.29 is 0 Å². The lowest BCUT2D eigenvalue weighted by atomic mass is 10.3. The standard InChI is InChI=1S/C7H5BrN2O/c8-4-3-9-5-1-2-6(11)10-7(4)5/h1-4H,(H,10,11). The van der Waals surface area contributed by atoms with E-state index in [-0.39, 0.29) is 10.4 Å². The molecule has 2 heterocycles. The Morgan fingerprint density at radius 2 is 2.36 bits per heavy atom. The predicted molar refractivity (Wildman–Crippen MR) is 46.9 cm³/mol. The van der Waals surface area contributed by atoms with Gasteiger partial charge >= 0.3 is 0 Å². The Labute approximate surface area is 71.3 Å². The van der Waals surface area contributed by atoms with E-state index in [4.69, 9.17) is 0 Å². The first-order valence-electron chi connectivity index (χ1n) is 3.19. The van der Waals surface area contributed by atoms with Gasteiger partial charge in [-0.15, -0.1) is 0 Å². The third-order valence-electron chi connectivity index (χ3n) is 1.55. The van der Waals surface area contributed by atoms with Crippen LogP contribution in [-0.4, -0.2) is 11.2 Å². The maximum Gasteiger partial charge on any atom is 0.248 e. The second-order valence-electron chi connectivity index (χ2n) is 2.30. The number of hydrogen-bond donors (Lipinski definition) is 1. The third-order valence-corrected chi connectivity index (χ3v) is 2.24. The van der Waals surface area contributed by atoms with Gasteiger partial charge in [-0.2, -0.15) is 0 Å². The van der Waals surface area contributed by atoms with Gasteiger partial charge in [-0.3, -0.25) is 9.79 Å². The number of halogens is 1. The number of H-pyrrole nitrogens is 1. The molecule has 1 aliphatic rings. The minimum atomic E-state index is -0.0845. The largest absolute Gasteiger partial charge is 0.323 e. The average molecular weight is 213 g/mol. The number of aromatic nitrogens is 1. The Hall–Kier alpha value is -0.900. The Balaban J connectivity index is 2.67. The van der Waals surface area contributed by atoms with Gasteiger partial charge in [0.05, 0.1) is 16.2 Å². The lowest BCUT2D eigenvalue weighted by Gasteiger charge is -1.98. The number of fused-ring (bicyclic) bond motifs is 1. The molecule has 11 heavy (non-hydrogen) atoms. The molecule has 0 saturated carbocycles. The molecular weight excluding hydrogens is 208 g/mol. The molecular formula is C7H5BrN2O. The van der Waals surface area contributed by atoms with Crippen LogP contribution >= 0.6 is 15.9 Å². The normalized spacial score (nSPS) is 20.3. The first kappa shape index (κ1) is 6.79. The van der Waals surface area contributed by atoms with E-state index in [0.29, 0.717) is 0 Å². The Morgan fingerprint density at radius 3 is 3.18 bits per heavy atom. The molecule has 0 fully saturated rings. The van der Waals surface area contributed by atoms with E-state index in [1.807, 2.05) is 0 Å². The fourth-order valence-electron chi connectivity index (χ4n) is 1.03. The molecule has 0 amide bonds. The fourth-order valence-corrected chi connectivity index (χ4v) is 1.49. The first-order chi connectivity index (χ1) is 5.27. The molecule has 0 bridgehead atoms. The molecule has 0 saturated heterocycles. The zero-order valence-corrected chi connectivity index (χ0v) is 7.13. The van der Waals surface area contributed by atoms with Crippen molar-refractivity contribution in [2.75, 3.05) is 0 Å². The SMILES string of the molecule is O=c1ccc2c([nH]1)C(Br)C=N2. The van der Waals surface area contributed by atoms with E-state index < -0.39 is 0 Å². The summed E-state index contributed by atoms with van der Waals surface area (Å²) in [6.07, 6.45) is 1.75. The summed E-state index contributed by atoms with van der Waals surface area (Å²) in [6, 6.07) is 3.19. The Kier molecular flexibility index (Phi) is 1.42. The number of alkyl halides is 1. The molecule has 1 N–H and O–H groups in total. The van der Waals surface area contributed by atoms with Crippen LogP contribution in [0.3, 0.4) is 0 Å². The second-order valence-corrected chi connectivity index (χ2v) is 3.29. The molecule has 0 radical (unpaired) electrons. The molecule has 56 valence electrons. The van der Waals surface area contributed by atoms with Crippen LogP contribution in [0, 0.1) is 0 Å². The van der Waals surface area contributed by atoms with Crippen molar-refractivity contribution in [1.29, 1.82) is 0 Å². The highest BCUT2D eigenvalue weighted by atomic mass is 79.9. The molecule has 1 aromatic rings. The summed E-state index contributed by atoms with van der Waals surface area (Å²) in [5, 5.41) is 0.